The molecule has 1 N–H and O–H groups in total. The van der Waals surface area contributed by atoms with E-state index in [-0.39, 0.29) is 18.7 Å². The number of ether oxygens (including phenoxy) is 2. The Bertz CT molecular complexity index is 1720. The summed E-state index contributed by atoms with van der Waals surface area (Å²) in [7, 11) is -4.51. The highest BCUT2D eigenvalue weighted by molar-refractivity contribution is 7.92. The highest BCUT2D eigenvalue weighted by atomic mass is 32.2. The van der Waals surface area contributed by atoms with Crippen LogP contribution in [0.3, 0.4) is 0 Å². The first-order valence-corrected chi connectivity index (χ1v) is 13.6. The summed E-state index contributed by atoms with van der Waals surface area (Å²) in [6.45, 7) is 0.705. The molecule has 0 aliphatic carbocycles. The summed E-state index contributed by atoms with van der Waals surface area (Å²) in [5.74, 6) is -0.401. The van der Waals surface area contributed by atoms with Crippen molar-refractivity contribution in [3.63, 3.8) is 0 Å². The van der Waals surface area contributed by atoms with Crippen LogP contribution in [0, 0.1) is 5.82 Å². The first kappa shape index (κ1) is 24.9. The van der Waals surface area contributed by atoms with Gasteiger partial charge in [-0.15, -0.1) is 0 Å². The molecule has 5 heterocycles. The molecule has 1 aromatic carbocycles. The molecular weight excluding hydrogens is 532 g/mol. The van der Waals surface area contributed by atoms with Gasteiger partial charge in [0.1, 0.15) is 17.3 Å². The summed E-state index contributed by atoms with van der Waals surface area (Å²) >= 11 is 0. The van der Waals surface area contributed by atoms with Crippen LogP contribution in [-0.2, 0) is 16.4 Å². The van der Waals surface area contributed by atoms with Crippen LogP contribution in [0.4, 0.5) is 20.4 Å². The summed E-state index contributed by atoms with van der Waals surface area (Å²) in [6, 6.07) is 10.9. The van der Waals surface area contributed by atoms with E-state index in [1.54, 1.807) is 24.5 Å². The van der Waals surface area contributed by atoms with Gasteiger partial charge in [0.15, 0.2) is 23.1 Å². The third-order valence-electron chi connectivity index (χ3n) is 6.41. The van der Waals surface area contributed by atoms with Gasteiger partial charge in [0, 0.05) is 29.8 Å². The topological polar surface area (TPSA) is 124 Å². The minimum Gasteiger partial charge on any atom is -0.489 e. The van der Waals surface area contributed by atoms with Crippen molar-refractivity contribution >= 4 is 38.3 Å². The fourth-order valence-corrected chi connectivity index (χ4v) is 5.83. The van der Waals surface area contributed by atoms with E-state index in [0.29, 0.717) is 41.7 Å². The maximum Gasteiger partial charge on any atom is 0.251 e. The average molecular weight is 554 g/mol. The van der Waals surface area contributed by atoms with E-state index in [0.717, 1.165) is 17.5 Å². The third kappa shape index (κ3) is 4.58. The molecule has 2 aliphatic rings. The molecular formula is C26H21F2N5O5S. The molecule has 0 radical (unpaired) electrons. The fourth-order valence-electron chi connectivity index (χ4n) is 4.44. The Morgan fingerprint density at radius 1 is 1.13 bits per heavy atom. The Labute approximate surface area is 221 Å². The number of hydrogen-bond acceptors (Lipinski definition) is 9. The molecule has 0 bridgehead atoms. The molecule has 0 fully saturated rings. The van der Waals surface area contributed by atoms with E-state index in [9.17, 15) is 22.0 Å². The lowest BCUT2D eigenvalue weighted by Gasteiger charge is -2.29. The van der Waals surface area contributed by atoms with E-state index in [2.05, 4.69) is 15.3 Å². The molecule has 3 aromatic heterocycles. The Morgan fingerprint density at radius 3 is 2.87 bits per heavy atom. The van der Waals surface area contributed by atoms with Crippen LogP contribution in [-0.4, -0.2) is 54.5 Å². The van der Waals surface area contributed by atoms with Gasteiger partial charge >= 0.3 is 0 Å². The predicted molar refractivity (Wildman–Crippen MR) is 136 cm³/mol. The third-order valence-corrected chi connectivity index (χ3v) is 8.23. The van der Waals surface area contributed by atoms with Gasteiger partial charge in [-0.3, -0.25) is 9.78 Å². The summed E-state index contributed by atoms with van der Waals surface area (Å²) in [5, 5.41) is 3.38. The Morgan fingerprint density at radius 2 is 2.00 bits per heavy atom. The van der Waals surface area contributed by atoms with E-state index in [1.165, 1.54) is 0 Å². The summed E-state index contributed by atoms with van der Waals surface area (Å²) < 4.78 is 64.5. The van der Waals surface area contributed by atoms with E-state index < -0.39 is 44.1 Å². The van der Waals surface area contributed by atoms with Crippen molar-refractivity contribution in [1.82, 2.24) is 20.3 Å². The molecule has 1 amide bonds. The number of rotatable bonds is 4. The number of nitrogens with zero attached hydrogens (tertiary/aromatic N) is 4. The zero-order chi connectivity index (χ0) is 27.1. The molecule has 10 nitrogen and oxygen atoms in total. The molecule has 2 aliphatic heterocycles. The van der Waals surface area contributed by atoms with Crippen LogP contribution in [0.15, 0.2) is 59.8 Å². The number of sulfone groups is 1. The second-order valence-corrected chi connectivity index (χ2v) is 11.0. The zero-order valence-corrected chi connectivity index (χ0v) is 21.1. The first-order valence-electron chi connectivity index (χ1n) is 12.0. The molecule has 4 aromatic rings. The van der Waals surface area contributed by atoms with E-state index in [1.807, 2.05) is 23.1 Å². The highest BCUT2D eigenvalue weighted by Gasteiger charge is 2.35. The summed E-state index contributed by atoms with van der Waals surface area (Å²) in [6.07, 6.45) is 2.86. The predicted octanol–water partition coefficient (Wildman–Crippen LogP) is 3.48. The number of hydrogen-bond donors (Lipinski definition) is 1. The number of nitrogens with one attached hydrogen (secondary N) is 1. The SMILES string of the molecule is O=C(NCc1cc2nc(N3CCOc4cccnc43)ccc2cn1)c1cc(F)c2c(c1)S(=O)(=O)[C@@H](F)CCO2. The van der Waals surface area contributed by atoms with Crippen LogP contribution in [0.5, 0.6) is 11.5 Å². The normalized spacial score (nSPS) is 17.8. The van der Waals surface area contributed by atoms with Gasteiger partial charge in [0.2, 0.25) is 15.3 Å². The summed E-state index contributed by atoms with van der Waals surface area (Å²) in [4.78, 5) is 27.6. The molecule has 0 saturated carbocycles. The van der Waals surface area contributed by atoms with Gasteiger partial charge in [-0.1, -0.05) is 0 Å². The number of carbonyl (C=O) groups is 1. The molecule has 6 rings (SSSR count). The molecule has 39 heavy (non-hydrogen) atoms. The Balaban J connectivity index is 1.24. The smallest absolute Gasteiger partial charge is 0.251 e. The quantitative estimate of drug-likeness (QED) is 0.405. The second-order valence-electron chi connectivity index (χ2n) is 8.92. The summed E-state index contributed by atoms with van der Waals surface area (Å²) in [5.41, 5.74) is -1.44. The van der Waals surface area contributed by atoms with Crippen molar-refractivity contribution in [3.05, 3.63) is 71.9 Å². The largest absolute Gasteiger partial charge is 0.489 e. The number of anilines is 2. The van der Waals surface area contributed by atoms with Crippen molar-refractivity contribution < 1.29 is 31.5 Å². The van der Waals surface area contributed by atoms with Gasteiger partial charge in [-0.2, -0.15) is 0 Å². The van der Waals surface area contributed by atoms with Gasteiger partial charge in [0.05, 0.1) is 30.9 Å². The second kappa shape index (κ2) is 9.73. The van der Waals surface area contributed by atoms with Crippen molar-refractivity contribution in [3.8, 4) is 11.5 Å². The van der Waals surface area contributed by atoms with Crippen LogP contribution in [0.2, 0.25) is 0 Å². The lowest BCUT2D eigenvalue weighted by Crippen LogP contribution is -2.30. The van der Waals surface area contributed by atoms with Crippen LogP contribution >= 0.6 is 0 Å². The van der Waals surface area contributed by atoms with Crippen LogP contribution in [0.25, 0.3) is 10.9 Å². The number of pyridine rings is 3. The molecule has 0 unspecified atom stereocenters. The molecule has 0 spiro atoms. The number of benzene rings is 1. The molecule has 13 heteroatoms. The molecule has 1 atom stereocenters. The van der Waals surface area contributed by atoms with Crippen molar-refractivity contribution in [2.24, 2.45) is 0 Å². The fraction of sp³-hybridized carbons (Fsp3) is 0.231. The van der Waals surface area contributed by atoms with Crippen LogP contribution in [0.1, 0.15) is 22.5 Å². The average Bonchev–Trinajstić information content (AvgIpc) is 3.06. The number of halogens is 2. The van der Waals surface area contributed by atoms with Gasteiger partial charge in [0.25, 0.3) is 5.91 Å². The van der Waals surface area contributed by atoms with E-state index in [4.69, 9.17) is 14.5 Å². The van der Waals surface area contributed by atoms with Crippen molar-refractivity contribution in [2.45, 2.75) is 23.4 Å². The lowest BCUT2D eigenvalue weighted by molar-refractivity contribution is 0.0949. The minimum atomic E-state index is -4.51. The number of aromatic nitrogens is 3. The number of alkyl halides is 1. The Kier molecular flexibility index (Phi) is 6.22. The zero-order valence-electron chi connectivity index (χ0n) is 20.3. The number of amides is 1. The number of fused-ring (bicyclic) bond motifs is 3. The van der Waals surface area contributed by atoms with Crippen molar-refractivity contribution in [1.29, 1.82) is 0 Å². The van der Waals surface area contributed by atoms with Gasteiger partial charge in [-0.05, 0) is 42.5 Å². The van der Waals surface area contributed by atoms with Gasteiger partial charge in [-0.25, -0.2) is 27.2 Å². The monoisotopic (exact) mass is 553 g/mol. The minimum absolute atomic E-state index is 0.0453. The highest BCUT2D eigenvalue weighted by Crippen LogP contribution is 2.36. The maximum atomic E-state index is 14.6. The lowest BCUT2D eigenvalue weighted by atomic mass is 10.2. The molecule has 0 saturated heterocycles. The van der Waals surface area contributed by atoms with Crippen molar-refractivity contribution in [2.75, 3.05) is 24.7 Å². The Hall–Kier alpha value is -4.39. The number of carbonyl (C=O) groups excluding carboxylic acids is 1. The maximum absolute atomic E-state index is 14.6. The van der Waals surface area contributed by atoms with Gasteiger partial charge < -0.3 is 19.7 Å². The first-order chi connectivity index (χ1) is 18.8. The van der Waals surface area contributed by atoms with E-state index >= 15 is 0 Å². The van der Waals surface area contributed by atoms with Crippen LogP contribution < -0.4 is 19.7 Å². The standard InChI is InChI=1S/C26H21F2N5O5S/c27-18-10-16(11-21-24(18)38-8-5-22(28)39(21,35)36)26(34)31-14-17-12-19-15(13-30-17)3-4-23(32-19)33-7-9-37-20-2-1-6-29-25(20)33/h1-4,6,10-13,22H,5,7-9,14H2,(H,31,34)/t22-/m1/s1. The molecule has 200 valence electrons.